The summed E-state index contributed by atoms with van der Waals surface area (Å²) in [4.78, 5) is 12.1. The Bertz CT molecular complexity index is 785. The summed E-state index contributed by atoms with van der Waals surface area (Å²) in [6.07, 6.45) is 1.21. The number of ether oxygens (including phenoxy) is 2. The van der Waals surface area contributed by atoms with Crippen LogP contribution in [0.15, 0.2) is 35.5 Å². The zero-order valence-corrected chi connectivity index (χ0v) is 13.7. The molecule has 1 heterocycles. The van der Waals surface area contributed by atoms with E-state index in [1.54, 1.807) is 6.07 Å². The lowest BCUT2D eigenvalue weighted by atomic mass is 10.2. The Morgan fingerprint density at radius 2 is 2.00 bits per heavy atom. The second-order valence-corrected chi connectivity index (χ2v) is 6.54. The van der Waals surface area contributed by atoms with Crippen molar-refractivity contribution in [1.29, 1.82) is 0 Å². The third-order valence-corrected chi connectivity index (χ3v) is 4.04. The minimum atomic E-state index is -4.00. The van der Waals surface area contributed by atoms with E-state index in [0.29, 0.717) is 11.5 Å². The number of aromatic amines is 1. The molecule has 8 nitrogen and oxygen atoms in total. The van der Waals surface area contributed by atoms with Crippen molar-refractivity contribution < 1.29 is 22.7 Å². The maximum atomic E-state index is 12.1. The van der Waals surface area contributed by atoms with Crippen LogP contribution >= 0.6 is 0 Å². The first-order valence-electron chi connectivity index (χ1n) is 6.74. The summed E-state index contributed by atoms with van der Waals surface area (Å²) >= 11 is 0. The molecule has 0 bridgehead atoms. The Kier molecular flexibility index (Phi) is 4.89. The predicted octanol–water partition coefficient (Wildman–Crippen LogP) is 1.32. The molecule has 0 unspecified atom stereocenters. The fraction of sp³-hybridized carbons (Fsp3) is 0.286. The highest BCUT2D eigenvalue weighted by Crippen LogP contribution is 2.29. The molecule has 0 atom stereocenters. The van der Waals surface area contributed by atoms with Crippen molar-refractivity contribution in [2.24, 2.45) is 0 Å². The number of carbonyl (C=O) groups is 1. The maximum Gasteiger partial charge on any atom is 0.281 e. The first-order chi connectivity index (χ1) is 10.8. The number of sulfonamides is 1. The van der Waals surface area contributed by atoms with Crippen molar-refractivity contribution >= 4 is 15.9 Å². The molecule has 124 valence electrons. The lowest BCUT2D eigenvalue weighted by Crippen LogP contribution is -2.30. The van der Waals surface area contributed by atoms with E-state index in [4.69, 9.17) is 9.47 Å². The van der Waals surface area contributed by atoms with Gasteiger partial charge in [0.1, 0.15) is 0 Å². The number of hydrogen-bond donors (Lipinski definition) is 2. The van der Waals surface area contributed by atoms with Gasteiger partial charge in [0.15, 0.2) is 16.5 Å². The average molecular weight is 339 g/mol. The van der Waals surface area contributed by atoms with Crippen molar-refractivity contribution in [2.45, 2.75) is 25.0 Å². The van der Waals surface area contributed by atoms with Gasteiger partial charge in [-0.05, 0) is 38.1 Å². The molecule has 1 amide bonds. The predicted molar refractivity (Wildman–Crippen MR) is 82.0 cm³/mol. The number of rotatable bonds is 6. The molecular formula is C14H17N3O5S. The van der Waals surface area contributed by atoms with Gasteiger partial charge in [0.25, 0.3) is 15.9 Å². The lowest BCUT2D eigenvalue weighted by molar-refractivity contribution is 0.0981. The van der Waals surface area contributed by atoms with Gasteiger partial charge < -0.3 is 9.47 Å². The van der Waals surface area contributed by atoms with Crippen molar-refractivity contribution in [2.75, 3.05) is 7.11 Å². The van der Waals surface area contributed by atoms with Crippen LogP contribution in [0.1, 0.15) is 24.2 Å². The number of aromatic nitrogens is 2. The molecule has 0 fully saturated rings. The largest absolute Gasteiger partial charge is 0.493 e. The standard InChI is InChI=1S/C14H17N3O5S/c1-9(2)22-11-5-4-10(8-12(11)21-3)14(18)17-23(19,20)13-6-7-15-16-13/h4-9H,1-3H3,(H,15,16)(H,17,18). The Labute approximate surface area is 133 Å². The van der Waals surface area contributed by atoms with Crippen LogP contribution in [-0.4, -0.2) is 37.7 Å². The van der Waals surface area contributed by atoms with Gasteiger partial charge in [0.2, 0.25) is 0 Å². The van der Waals surface area contributed by atoms with Crippen LogP contribution in [0.5, 0.6) is 11.5 Å². The molecule has 1 aromatic heterocycles. The second kappa shape index (κ2) is 6.69. The summed E-state index contributed by atoms with van der Waals surface area (Å²) in [6, 6.07) is 5.67. The lowest BCUT2D eigenvalue weighted by Gasteiger charge is -2.14. The number of amides is 1. The third-order valence-electron chi connectivity index (χ3n) is 2.78. The summed E-state index contributed by atoms with van der Waals surface area (Å²) in [7, 11) is -2.57. The minimum absolute atomic E-state index is 0.0654. The maximum absolute atomic E-state index is 12.1. The van der Waals surface area contributed by atoms with Crippen LogP contribution in [0.4, 0.5) is 0 Å². The summed E-state index contributed by atoms with van der Waals surface area (Å²) in [6.45, 7) is 3.72. The normalized spacial score (nSPS) is 11.3. The Morgan fingerprint density at radius 1 is 1.26 bits per heavy atom. The number of H-pyrrole nitrogens is 1. The third kappa shape index (κ3) is 4.01. The monoisotopic (exact) mass is 339 g/mol. The van der Waals surface area contributed by atoms with Gasteiger partial charge in [-0.15, -0.1) is 0 Å². The highest BCUT2D eigenvalue weighted by atomic mass is 32.2. The molecule has 0 aliphatic rings. The van der Waals surface area contributed by atoms with Gasteiger partial charge >= 0.3 is 0 Å². The van der Waals surface area contributed by atoms with Crippen molar-refractivity contribution in [3.05, 3.63) is 36.0 Å². The molecule has 2 N–H and O–H groups in total. The van der Waals surface area contributed by atoms with Crippen molar-refractivity contribution in [1.82, 2.24) is 14.9 Å². The summed E-state index contributed by atoms with van der Waals surface area (Å²) in [5, 5.41) is 5.64. The number of benzene rings is 1. The van der Waals surface area contributed by atoms with Crippen LogP contribution in [0, 0.1) is 0 Å². The van der Waals surface area contributed by atoms with Gasteiger partial charge in [-0.1, -0.05) is 0 Å². The van der Waals surface area contributed by atoms with Gasteiger partial charge in [-0.25, -0.2) is 4.72 Å². The average Bonchev–Trinajstić information content (AvgIpc) is 3.01. The van der Waals surface area contributed by atoms with E-state index >= 15 is 0 Å². The molecule has 2 aromatic rings. The quantitative estimate of drug-likeness (QED) is 0.821. The van der Waals surface area contributed by atoms with Crippen LogP contribution < -0.4 is 14.2 Å². The zero-order valence-electron chi connectivity index (χ0n) is 12.9. The SMILES string of the molecule is COc1cc(C(=O)NS(=O)(=O)c2ccn[nH]2)ccc1OC(C)C. The fourth-order valence-electron chi connectivity index (χ4n) is 1.79. The second-order valence-electron chi connectivity index (χ2n) is 4.89. The summed E-state index contributed by atoms with van der Waals surface area (Å²) in [5.74, 6) is 0.0229. The molecule has 0 aliphatic carbocycles. The fourth-order valence-corrected chi connectivity index (χ4v) is 2.67. The zero-order chi connectivity index (χ0) is 17.0. The van der Waals surface area contributed by atoms with Crippen molar-refractivity contribution in [3.63, 3.8) is 0 Å². The number of methoxy groups -OCH3 is 1. The molecule has 0 spiro atoms. The molecule has 2 rings (SSSR count). The van der Waals surface area contributed by atoms with Crippen LogP contribution in [0.25, 0.3) is 0 Å². The van der Waals surface area contributed by atoms with E-state index in [1.807, 2.05) is 18.6 Å². The molecule has 0 aliphatic heterocycles. The smallest absolute Gasteiger partial charge is 0.281 e. The molecule has 0 radical (unpaired) electrons. The number of nitrogens with one attached hydrogen (secondary N) is 2. The molecule has 9 heteroatoms. The van der Waals surface area contributed by atoms with E-state index in [1.165, 1.54) is 31.5 Å². The first kappa shape index (κ1) is 16.8. The molecular weight excluding hydrogens is 322 g/mol. The highest BCUT2D eigenvalue weighted by molar-refractivity contribution is 7.90. The topological polar surface area (TPSA) is 110 Å². The molecule has 0 saturated heterocycles. The Balaban J connectivity index is 2.23. The summed E-state index contributed by atoms with van der Waals surface area (Å²) < 4.78 is 36.6. The van der Waals surface area contributed by atoms with Gasteiger partial charge in [-0.3, -0.25) is 9.89 Å². The van der Waals surface area contributed by atoms with E-state index in [0.717, 1.165) is 0 Å². The van der Waals surface area contributed by atoms with Crippen LogP contribution in [0.2, 0.25) is 0 Å². The molecule has 23 heavy (non-hydrogen) atoms. The van der Waals surface area contributed by atoms with Gasteiger partial charge in [0.05, 0.1) is 19.4 Å². The number of carbonyl (C=O) groups excluding carboxylic acids is 1. The van der Waals surface area contributed by atoms with E-state index in [-0.39, 0.29) is 16.7 Å². The van der Waals surface area contributed by atoms with Gasteiger partial charge in [-0.2, -0.15) is 13.5 Å². The van der Waals surface area contributed by atoms with E-state index < -0.39 is 15.9 Å². The number of hydrogen-bond acceptors (Lipinski definition) is 6. The van der Waals surface area contributed by atoms with E-state index in [2.05, 4.69) is 10.2 Å². The molecule has 0 saturated carbocycles. The Hall–Kier alpha value is -2.55. The van der Waals surface area contributed by atoms with Gasteiger partial charge in [0, 0.05) is 5.56 Å². The van der Waals surface area contributed by atoms with Crippen molar-refractivity contribution in [3.8, 4) is 11.5 Å². The van der Waals surface area contributed by atoms with E-state index in [9.17, 15) is 13.2 Å². The van der Waals surface area contributed by atoms with Crippen LogP contribution in [0.3, 0.4) is 0 Å². The first-order valence-corrected chi connectivity index (χ1v) is 8.23. The highest BCUT2D eigenvalue weighted by Gasteiger charge is 2.21. The summed E-state index contributed by atoms with van der Waals surface area (Å²) in [5.41, 5.74) is 0.126. The van der Waals surface area contributed by atoms with Crippen LogP contribution in [-0.2, 0) is 10.0 Å². The number of nitrogens with zero attached hydrogens (tertiary/aromatic N) is 1. The molecule has 1 aromatic carbocycles. The Morgan fingerprint density at radius 3 is 2.57 bits per heavy atom. The minimum Gasteiger partial charge on any atom is -0.493 e.